The fourth-order valence-corrected chi connectivity index (χ4v) is 5.05. The molecule has 0 aliphatic heterocycles. The van der Waals surface area contributed by atoms with Gasteiger partial charge in [0.25, 0.3) is 0 Å². The molecule has 0 N–H and O–H groups in total. The summed E-state index contributed by atoms with van der Waals surface area (Å²) in [5.74, 6) is -0.571. The molecule has 0 aliphatic rings. The molecule has 0 bridgehead atoms. The normalized spacial score (nSPS) is 13.0. The number of hydrogen-bond donors (Lipinski definition) is 0. The Morgan fingerprint density at radius 3 is 1.88 bits per heavy atom. The van der Waals surface area contributed by atoms with Gasteiger partial charge in [0, 0.05) is 6.54 Å². The Labute approximate surface area is 197 Å². The Morgan fingerprint density at radius 2 is 1.36 bits per heavy atom. The van der Waals surface area contributed by atoms with Crippen molar-refractivity contribution < 1.29 is 17.9 Å². The van der Waals surface area contributed by atoms with E-state index in [0.29, 0.717) is 0 Å². The zero-order chi connectivity index (χ0) is 24.1. The highest BCUT2D eigenvalue weighted by molar-refractivity contribution is 7.89. The Balaban J connectivity index is 2.11. The highest BCUT2D eigenvalue weighted by Gasteiger charge is 2.38. The van der Waals surface area contributed by atoms with Gasteiger partial charge in [-0.25, -0.2) is 8.42 Å². The quantitative estimate of drug-likeness (QED) is 0.432. The highest BCUT2D eigenvalue weighted by Crippen LogP contribution is 2.25. The maximum Gasteiger partial charge on any atom is 0.325 e. The van der Waals surface area contributed by atoms with E-state index in [4.69, 9.17) is 4.74 Å². The molecule has 0 saturated carbocycles. The van der Waals surface area contributed by atoms with Crippen LogP contribution in [-0.4, -0.2) is 30.3 Å². The van der Waals surface area contributed by atoms with Gasteiger partial charge in [-0.1, -0.05) is 78.4 Å². The van der Waals surface area contributed by atoms with Crippen LogP contribution in [0.4, 0.5) is 0 Å². The van der Waals surface area contributed by atoms with Crippen molar-refractivity contribution in [3.63, 3.8) is 0 Å². The van der Waals surface area contributed by atoms with Gasteiger partial charge in [0.2, 0.25) is 10.0 Å². The molecule has 0 unspecified atom stereocenters. The summed E-state index contributed by atoms with van der Waals surface area (Å²) < 4.78 is 34.7. The molecule has 6 heteroatoms. The summed E-state index contributed by atoms with van der Waals surface area (Å²) in [6.45, 7) is 7.28. The predicted molar refractivity (Wildman–Crippen MR) is 130 cm³/mol. The number of benzene rings is 3. The first-order valence-corrected chi connectivity index (χ1v) is 12.4. The number of sulfonamides is 1. The van der Waals surface area contributed by atoms with Crippen molar-refractivity contribution in [3.05, 3.63) is 102 Å². The van der Waals surface area contributed by atoms with Crippen molar-refractivity contribution in [1.29, 1.82) is 0 Å². The number of ether oxygens (including phenoxy) is 1. The van der Waals surface area contributed by atoms with Gasteiger partial charge in [0.05, 0.1) is 4.90 Å². The molecule has 0 saturated heterocycles. The summed E-state index contributed by atoms with van der Waals surface area (Å²) in [5.41, 5.74) is 1.84. The SMILES string of the molecule is Cc1ccc(S(=O)(=O)N(Cc2ccccc2)[C@@H](Cc2ccccc2)C(=O)OC(C)(C)C)cc1. The lowest BCUT2D eigenvalue weighted by Gasteiger charge is -2.32. The first kappa shape index (κ1) is 24.7. The van der Waals surface area contributed by atoms with Crippen molar-refractivity contribution in [2.24, 2.45) is 0 Å². The molecule has 3 aromatic rings. The van der Waals surface area contributed by atoms with Crippen LogP contribution < -0.4 is 0 Å². The van der Waals surface area contributed by atoms with Crippen molar-refractivity contribution in [3.8, 4) is 0 Å². The van der Waals surface area contributed by atoms with Crippen molar-refractivity contribution in [2.75, 3.05) is 0 Å². The molecule has 0 fully saturated rings. The van der Waals surface area contributed by atoms with Crippen molar-refractivity contribution >= 4 is 16.0 Å². The maximum atomic E-state index is 13.9. The maximum absolute atomic E-state index is 13.9. The lowest BCUT2D eigenvalue weighted by Crippen LogP contribution is -2.48. The zero-order valence-corrected chi connectivity index (χ0v) is 20.4. The molecule has 0 aromatic heterocycles. The summed E-state index contributed by atoms with van der Waals surface area (Å²) in [6, 6.07) is 24.3. The van der Waals surface area contributed by atoms with Crippen LogP contribution in [0.15, 0.2) is 89.8 Å². The average molecular weight is 466 g/mol. The van der Waals surface area contributed by atoms with Crippen LogP contribution in [-0.2, 0) is 32.5 Å². The molecule has 0 radical (unpaired) electrons. The zero-order valence-electron chi connectivity index (χ0n) is 19.6. The summed E-state index contributed by atoms with van der Waals surface area (Å²) in [7, 11) is -4.00. The van der Waals surface area contributed by atoms with E-state index in [9.17, 15) is 13.2 Å². The number of carbonyl (C=O) groups is 1. The molecule has 1 atom stereocenters. The standard InChI is InChI=1S/C27H31NO4S/c1-21-15-17-24(18-16-21)33(30,31)28(20-23-13-9-6-10-14-23)25(26(29)32-27(2,3)4)19-22-11-7-5-8-12-22/h5-18,25H,19-20H2,1-4H3/t25-/m0/s1. The van der Waals surface area contributed by atoms with Gasteiger partial charge in [0.1, 0.15) is 11.6 Å². The second-order valence-corrected chi connectivity index (χ2v) is 11.0. The van der Waals surface area contributed by atoms with E-state index < -0.39 is 27.6 Å². The number of esters is 1. The molecule has 3 rings (SSSR count). The second kappa shape index (κ2) is 10.3. The van der Waals surface area contributed by atoms with Crippen LogP contribution in [0.2, 0.25) is 0 Å². The lowest BCUT2D eigenvalue weighted by atomic mass is 10.0. The van der Waals surface area contributed by atoms with Gasteiger partial charge in [-0.15, -0.1) is 0 Å². The summed E-state index contributed by atoms with van der Waals surface area (Å²) in [5, 5.41) is 0. The molecule has 174 valence electrons. The van der Waals surface area contributed by atoms with Gasteiger partial charge >= 0.3 is 5.97 Å². The van der Waals surface area contributed by atoms with Gasteiger partial charge < -0.3 is 4.74 Å². The van der Waals surface area contributed by atoms with Gasteiger partial charge in [-0.2, -0.15) is 4.31 Å². The fraction of sp³-hybridized carbons (Fsp3) is 0.296. The molecular weight excluding hydrogens is 434 g/mol. The van der Waals surface area contributed by atoms with E-state index in [1.807, 2.05) is 67.6 Å². The number of nitrogens with zero attached hydrogens (tertiary/aromatic N) is 1. The number of hydrogen-bond acceptors (Lipinski definition) is 4. The Kier molecular flexibility index (Phi) is 7.72. The van der Waals surface area contributed by atoms with Crippen molar-refractivity contribution in [2.45, 2.75) is 57.2 Å². The van der Waals surface area contributed by atoms with E-state index in [0.717, 1.165) is 16.7 Å². The van der Waals surface area contributed by atoms with Crippen LogP contribution in [0.3, 0.4) is 0 Å². The van der Waals surface area contributed by atoms with E-state index in [2.05, 4.69) is 0 Å². The third-order valence-corrected chi connectivity index (χ3v) is 6.98. The van der Waals surface area contributed by atoms with Crippen LogP contribution >= 0.6 is 0 Å². The Bertz CT molecular complexity index is 1150. The lowest BCUT2D eigenvalue weighted by molar-refractivity contribution is -0.159. The first-order valence-electron chi connectivity index (χ1n) is 11.0. The minimum absolute atomic E-state index is 0.0494. The third kappa shape index (κ3) is 6.76. The number of carbonyl (C=O) groups excluding carboxylic acids is 1. The molecule has 5 nitrogen and oxygen atoms in total. The highest BCUT2D eigenvalue weighted by atomic mass is 32.2. The summed E-state index contributed by atoms with van der Waals surface area (Å²) in [6.07, 6.45) is 0.202. The molecule has 33 heavy (non-hydrogen) atoms. The van der Waals surface area contributed by atoms with Gasteiger partial charge in [-0.3, -0.25) is 4.79 Å². The van der Waals surface area contributed by atoms with Gasteiger partial charge in [-0.05, 0) is 57.4 Å². The number of rotatable bonds is 8. The van der Waals surface area contributed by atoms with Crippen LogP contribution in [0.25, 0.3) is 0 Å². The average Bonchev–Trinajstić information content (AvgIpc) is 2.76. The third-order valence-electron chi connectivity index (χ3n) is 5.11. The van der Waals surface area contributed by atoms with Crippen LogP contribution in [0.5, 0.6) is 0 Å². The topological polar surface area (TPSA) is 63.7 Å². The monoisotopic (exact) mass is 465 g/mol. The molecule has 0 amide bonds. The number of aryl methyl sites for hydroxylation is 1. The minimum atomic E-state index is -4.00. The smallest absolute Gasteiger partial charge is 0.325 e. The van der Waals surface area contributed by atoms with E-state index in [1.54, 1.807) is 45.0 Å². The summed E-state index contributed by atoms with van der Waals surface area (Å²) >= 11 is 0. The predicted octanol–water partition coefficient (Wildman–Crippen LogP) is 5.14. The van der Waals surface area contributed by atoms with E-state index >= 15 is 0 Å². The largest absolute Gasteiger partial charge is 0.459 e. The van der Waals surface area contributed by atoms with Gasteiger partial charge in [0.15, 0.2) is 0 Å². The Morgan fingerprint density at radius 1 is 0.848 bits per heavy atom. The molecular formula is C27H31NO4S. The minimum Gasteiger partial charge on any atom is -0.459 e. The van der Waals surface area contributed by atoms with E-state index in [1.165, 1.54) is 4.31 Å². The van der Waals surface area contributed by atoms with Crippen molar-refractivity contribution in [1.82, 2.24) is 4.31 Å². The molecule has 3 aromatic carbocycles. The van der Waals surface area contributed by atoms with Crippen LogP contribution in [0.1, 0.15) is 37.5 Å². The second-order valence-electron chi connectivity index (χ2n) is 9.09. The molecule has 0 aliphatic carbocycles. The molecule has 0 heterocycles. The summed E-state index contributed by atoms with van der Waals surface area (Å²) in [4.78, 5) is 13.5. The Hall–Kier alpha value is -2.96. The fourth-order valence-electron chi connectivity index (χ4n) is 3.48. The molecule has 0 spiro atoms. The van der Waals surface area contributed by atoms with Crippen LogP contribution in [0, 0.1) is 6.92 Å². The van der Waals surface area contributed by atoms with E-state index in [-0.39, 0.29) is 17.9 Å². The first-order chi connectivity index (χ1) is 15.6.